The lowest BCUT2D eigenvalue weighted by molar-refractivity contribution is -0.0704. The third-order valence-electron chi connectivity index (χ3n) is 3.13. The van der Waals surface area contributed by atoms with Gasteiger partial charge in [-0.1, -0.05) is 19.8 Å². The van der Waals surface area contributed by atoms with Crippen LogP contribution in [-0.2, 0) is 9.47 Å². The van der Waals surface area contributed by atoms with Crippen LogP contribution >= 0.6 is 0 Å². The summed E-state index contributed by atoms with van der Waals surface area (Å²) < 4.78 is 11.5. The van der Waals surface area contributed by atoms with Crippen LogP contribution in [0, 0.1) is 0 Å². The van der Waals surface area contributed by atoms with Crippen molar-refractivity contribution >= 4 is 0 Å². The number of likely N-dealkylation sites (N-methyl/N-ethyl adjacent to an activating group) is 1. The first-order chi connectivity index (χ1) is 7.77. The number of hydrogen-bond donors (Lipinski definition) is 1. The Morgan fingerprint density at radius 2 is 2.00 bits per heavy atom. The van der Waals surface area contributed by atoms with Gasteiger partial charge in [-0.15, -0.1) is 0 Å². The van der Waals surface area contributed by atoms with E-state index in [1.807, 2.05) is 6.92 Å². The van der Waals surface area contributed by atoms with Gasteiger partial charge >= 0.3 is 0 Å². The zero-order valence-corrected chi connectivity index (χ0v) is 11.0. The van der Waals surface area contributed by atoms with Gasteiger partial charge in [0.2, 0.25) is 0 Å². The van der Waals surface area contributed by atoms with E-state index in [0.29, 0.717) is 18.8 Å². The molecular formula is C13H27NO2. The summed E-state index contributed by atoms with van der Waals surface area (Å²) in [6.07, 6.45) is 5.66. The zero-order valence-electron chi connectivity index (χ0n) is 11.0. The molecule has 0 bridgehead atoms. The van der Waals surface area contributed by atoms with Gasteiger partial charge in [-0.2, -0.15) is 0 Å². The molecule has 0 spiro atoms. The summed E-state index contributed by atoms with van der Waals surface area (Å²) in [4.78, 5) is 0. The van der Waals surface area contributed by atoms with E-state index >= 15 is 0 Å². The SMILES string of the molecule is CCNC1CCCCC1OC(C)COCC. The highest BCUT2D eigenvalue weighted by molar-refractivity contribution is 4.82. The number of hydrogen-bond acceptors (Lipinski definition) is 3. The van der Waals surface area contributed by atoms with Crippen LogP contribution in [0.4, 0.5) is 0 Å². The van der Waals surface area contributed by atoms with Crippen LogP contribution < -0.4 is 5.32 Å². The fraction of sp³-hybridized carbons (Fsp3) is 1.00. The first kappa shape index (κ1) is 13.9. The summed E-state index contributed by atoms with van der Waals surface area (Å²) in [7, 11) is 0. The van der Waals surface area contributed by atoms with Gasteiger partial charge in [0.15, 0.2) is 0 Å². The average Bonchev–Trinajstić information content (AvgIpc) is 2.29. The van der Waals surface area contributed by atoms with Crippen LogP contribution in [0.15, 0.2) is 0 Å². The van der Waals surface area contributed by atoms with E-state index in [1.165, 1.54) is 25.7 Å². The molecule has 3 atom stereocenters. The largest absolute Gasteiger partial charge is 0.379 e. The van der Waals surface area contributed by atoms with Gasteiger partial charge < -0.3 is 14.8 Å². The Hall–Kier alpha value is -0.120. The standard InChI is InChI=1S/C13H27NO2/c1-4-14-12-8-6-7-9-13(12)16-11(3)10-15-5-2/h11-14H,4-10H2,1-3H3. The van der Waals surface area contributed by atoms with Gasteiger partial charge in [-0.05, 0) is 33.2 Å². The maximum absolute atomic E-state index is 6.07. The van der Waals surface area contributed by atoms with Gasteiger partial charge in [0.1, 0.15) is 0 Å². The Bertz CT molecular complexity index is 173. The second kappa shape index (κ2) is 8.04. The summed E-state index contributed by atoms with van der Waals surface area (Å²) in [5, 5.41) is 3.53. The number of nitrogens with one attached hydrogen (secondary N) is 1. The summed E-state index contributed by atoms with van der Waals surface area (Å²) in [6, 6.07) is 0.544. The minimum Gasteiger partial charge on any atom is -0.379 e. The average molecular weight is 229 g/mol. The molecule has 0 amide bonds. The van der Waals surface area contributed by atoms with Crippen LogP contribution in [-0.4, -0.2) is 38.0 Å². The monoisotopic (exact) mass is 229 g/mol. The second-order valence-corrected chi connectivity index (χ2v) is 4.59. The highest BCUT2D eigenvalue weighted by Crippen LogP contribution is 2.22. The fourth-order valence-electron chi connectivity index (χ4n) is 2.38. The summed E-state index contributed by atoms with van der Waals surface area (Å²) in [5.74, 6) is 0. The van der Waals surface area contributed by atoms with Crippen LogP contribution in [0.5, 0.6) is 0 Å². The van der Waals surface area contributed by atoms with Crippen molar-refractivity contribution in [3.8, 4) is 0 Å². The summed E-state index contributed by atoms with van der Waals surface area (Å²) in [5.41, 5.74) is 0. The molecule has 0 aromatic heterocycles. The minimum atomic E-state index is 0.212. The van der Waals surface area contributed by atoms with E-state index in [9.17, 15) is 0 Å². The molecule has 16 heavy (non-hydrogen) atoms. The Kier molecular flexibility index (Phi) is 7.01. The molecule has 96 valence electrons. The van der Waals surface area contributed by atoms with Crippen molar-refractivity contribution in [1.82, 2.24) is 5.32 Å². The molecule has 0 aromatic rings. The van der Waals surface area contributed by atoms with Gasteiger partial charge in [0.05, 0.1) is 18.8 Å². The van der Waals surface area contributed by atoms with E-state index < -0.39 is 0 Å². The van der Waals surface area contributed by atoms with E-state index in [-0.39, 0.29) is 6.10 Å². The number of ether oxygens (including phenoxy) is 2. The van der Waals surface area contributed by atoms with Crippen LogP contribution in [0.25, 0.3) is 0 Å². The lowest BCUT2D eigenvalue weighted by atomic mass is 9.92. The fourth-order valence-corrected chi connectivity index (χ4v) is 2.38. The van der Waals surface area contributed by atoms with Crippen molar-refractivity contribution in [2.45, 2.75) is 64.7 Å². The van der Waals surface area contributed by atoms with E-state index in [0.717, 1.165) is 13.2 Å². The zero-order chi connectivity index (χ0) is 11.8. The molecule has 3 heteroatoms. The highest BCUT2D eigenvalue weighted by Gasteiger charge is 2.26. The lowest BCUT2D eigenvalue weighted by Gasteiger charge is -2.34. The molecule has 1 aliphatic rings. The Labute approximate surface area is 99.9 Å². The van der Waals surface area contributed by atoms with Gasteiger partial charge in [-0.3, -0.25) is 0 Å². The minimum absolute atomic E-state index is 0.212. The van der Waals surface area contributed by atoms with Crippen molar-refractivity contribution in [2.75, 3.05) is 19.8 Å². The quantitative estimate of drug-likeness (QED) is 0.727. The topological polar surface area (TPSA) is 30.5 Å². The molecule has 0 saturated heterocycles. The first-order valence-corrected chi connectivity index (χ1v) is 6.74. The normalized spacial score (nSPS) is 27.9. The molecule has 1 saturated carbocycles. The smallest absolute Gasteiger partial charge is 0.0785 e. The third-order valence-corrected chi connectivity index (χ3v) is 3.13. The maximum Gasteiger partial charge on any atom is 0.0785 e. The summed E-state index contributed by atoms with van der Waals surface area (Å²) in [6.45, 7) is 8.81. The van der Waals surface area contributed by atoms with Crippen molar-refractivity contribution in [3.63, 3.8) is 0 Å². The van der Waals surface area contributed by atoms with E-state index in [1.54, 1.807) is 0 Å². The Balaban J connectivity index is 2.30. The third kappa shape index (κ3) is 4.81. The number of rotatable bonds is 7. The molecule has 1 aliphatic carbocycles. The van der Waals surface area contributed by atoms with Crippen LogP contribution in [0.1, 0.15) is 46.5 Å². The van der Waals surface area contributed by atoms with Crippen molar-refractivity contribution < 1.29 is 9.47 Å². The molecule has 0 heterocycles. The predicted octanol–water partition coefficient (Wildman–Crippen LogP) is 2.35. The second-order valence-electron chi connectivity index (χ2n) is 4.59. The summed E-state index contributed by atoms with van der Waals surface area (Å²) >= 11 is 0. The maximum atomic E-state index is 6.07. The first-order valence-electron chi connectivity index (χ1n) is 6.74. The molecule has 3 unspecified atom stereocenters. The molecule has 1 N–H and O–H groups in total. The van der Waals surface area contributed by atoms with Gasteiger partial charge in [0.25, 0.3) is 0 Å². The van der Waals surface area contributed by atoms with E-state index in [4.69, 9.17) is 9.47 Å². The molecule has 1 fully saturated rings. The lowest BCUT2D eigenvalue weighted by Crippen LogP contribution is -2.45. The molecule has 3 nitrogen and oxygen atoms in total. The Morgan fingerprint density at radius 3 is 2.69 bits per heavy atom. The molecular weight excluding hydrogens is 202 g/mol. The van der Waals surface area contributed by atoms with Gasteiger partial charge in [-0.25, -0.2) is 0 Å². The van der Waals surface area contributed by atoms with Crippen molar-refractivity contribution in [1.29, 1.82) is 0 Å². The van der Waals surface area contributed by atoms with Crippen molar-refractivity contribution in [3.05, 3.63) is 0 Å². The van der Waals surface area contributed by atoms with Gasteiger partial charge in [0, 0.05) is 12.6 Å². The molecule has 1 rings (SSSR count). The predicted molar refractivity (Wildman–Crippen MR) is 66.8 cm³/mol. The van der Waals surface area contributed by atoms with Crippen LogP contribution in [0.2, 0.25) is 0 Å². The highest BCUT2D eigenvalue weighted by atomic mass is 16.5. The van der Waals surface area contributed by atoms with E-state index in [2.05, 4.69) is 19.2 Å². The molecule has 0 aliphatic heterocycles. The van der Waals surface area contributed by atoms with Crippen LogP contribution in [0.3, 0.4) is 0 Å². The Morgan fingerprint density at radius 1 is 1.25 bits per heavy atom. The molecule has 0 radical (unpaired) electrons. The molecule has 0 aromatic carbocycles. The van der Waals surface area contributed by atoms with Crippen molar-refractivity contribution in [2.24, 2.45) is 0 Å².